The number of aryl methyl sites for hydroxylation is 1. The van der Waals surface area contributed by atoms with Gasteiger partial charge in [-0.05, 0) is 60.3 Å². The fourth-order valence-electron chi connectivity index (χ4n) is 6.03. The Balaban J connectivity index is 1.24. The van der Waals surface area contributed by atoms with Crippen LogP contribution in [0.5, 0.6) is 0 Å². The van der Waals surface area contributed by atoms with Crippen molar-refractivity contribution in [2.24, 2.45) is 23.7 Å². The molecule has 3 heterocycles. The molecule has 4 aromatic rings. The summed E-state index contributed by atoms with van der Waals surface area (Å²) < 4.78 is 0. The first kappa shape index (κ1) is 23.1. The van der Waals surface area contributed by atoms with Gasteiger partial charge in [0.25, 0.3) is 5.91 Å². The van der Waals surface area contributed by atoms with E-state index < -0.39 is 0 Å². The molecule has 36 heavy (non-hydrogen) atoms. The summed E-state index contributed by atoms with van der Waals surface area (Å²) in [5.74, 6) is 2.41. The summed E-state index contributed by atoms with van der Waals surface area (Å²) in [6.45, 7) is 3.43. The molecule has 1 aromatic carbocycles. The topological polar surface area (TPSA) is 91.2 Å². The molecule has 0 spiro atoms. The zero-order valence-electron chi connectivity index (χ0n) is 20.4. The lowest BCUT2D eigenvalue weighted by Crippen LogP contribution is -2.29. The first-order valence-corrected chi connectivity index (χ1v) is 13.2. The number of pyridine rings is 1. The quantitative estimate of drug-likeness (QED) is 0.359. The van der Waals surface area contributed by atoms with Crippen LogP contribution in [0, 0.1) is 30.6 Å². The van der Waals surface area contributed by atoms with Crippen molar-refractivity contribution in [2.75, 3.05) is 25.5 Å². The number of fused-ring (bicyclic) bond motifs is 4. The number of aliphatic hydroxyl groups is 1. The molecule has 0 aliphatic heterocycles. The average molecular weight is 500 g/mol. The maximum atomic E-state index is 13.5. The predicted molar refractivity (Wildman–Crippen MR) is 143 cm³/mol. The summed E-state index contributed by atoms with van der Waals surface area (Å²) in [7, 11) is 1.84. The molecule has 2 N–H and O–H groups in total. The zero-order valence-corrected chi connectivity index (χ0v) is 21.2. The van der Waals surface area contributed by atoms with Crippen LogP contribution in [-0.2, 0) is 6.54 Å². The second kappa shape index (κ2) is 9.26. The van der Waals surface area contributed by atoms with E-state index in [9.17, 15) is 9.90 Å². The van der Waals surface area contributed by atoms with Crippen LogP contribution in [0.3, 0.4) is 0 Å². The number of anilines is 1. The average Bonchev–Trinajstić information content (AvgIpc) is 3.60. The van der Waals surface area contributed by atoms with Crippen molar-refractivity contribution >= 4 is 44.2 Å². The molecule has 2 bridgehead atoms. The second-order valence-electron chi connectivity index (χ2n) is 9.95. The van der Waals surface area contributed by atoms with E-state index in [0.717, 1.165) is 51.0 Å². The van der Waals surface area contributed by atoms with Gasteiger partial charge in [-0.25, -0.2) is 9.97 Å². The molecule has 0 radical (unpaired) electrons. The Kier molecular flexibility index (Phi) is 5.93. The Labute approximate surface area is 213 Å². The molecule has 1 amide bonds. The summed E-state index contributed by atoms with van der Waals surface area (Å²) in [6, 6.07) is 9.98. The van der Waals surface area contributed by atoms with Crippen LogP contribution in [0.1, 0.15) is 27.2 Å². The molecule has 4 atom stereocenters. The smallest absolute Gasteiger partial charge is 0.264 e. The van der Waals surface area contributed by atoms with Gasteiger partial charge < -0.3 is 15.3 Å². The van der Waals surface area contributed by atoms with Crippen LogP contribution >= 0.6 is 11.3 Å². The molecule has 3 aromatic heterocycles. The van der Waals surface area contributed by atoms with E-state index in [0.29, 0.717) is 35.1 Å². The third-order valence-electron chi connectivity index (χ3n) is 7.93. The number of nitrogens with one attached hydrogen (secondary N) is 1. The number of benzene rings is 1. The maximum Gasteiger partial charge on any atom is 0.264 e. The molecule has 6 rings (SSSR count). The molecular weight excluding hydrogens is 470 g/mol. The van der Waals surface area contributed by atoms with Gasteiger partial charge in [-0.1, -0.05) is 30.4 Å². The number of allylic oxidation sites excluding steroid dienone is 2. The van der Waals surface area contributed by atoms with Gasteiger partial charge in [-0.2, -0.15) is 0 Å². The van der Waals surface area contributed by atoms with Gasteiger partial charge in [0, 0.05) is 38.3 Å². The number of hydrogen-bond donors (Lipinski definition) is 2. The van der Waals surface area contributed by atoms with Crippen molar-refractivity contribution in [3.8, 4) is 0 Å². The molecule has 0 saturated heterocycles. The van der Waals surface area contributed by atoms with Gasteiger partial charge in [-0.3, -0.25) is 9.78 Å². The number of aromatic nitrogens is 3. The molecule has 7 nitrogen and oxygen atoms in total. The number of nitrogens with zero attached hydrogens (tertiary/aromatic N) is 4. The maximum absolute atomic E-state index is 13.5. The minimum absolute atomic E-state index is 0.0269. The standard InChI is InChI=1S/C28H29N5O2S/c1-16-24-26(30-12-21-17-8-9-18(11-17)22(21)14-34)31-15-32-27(24)36-25(16)28(35)33(2)13-19-5-3-7-23-20(19)6-4-10-29-23/h3-10,15,17-18,21-22,34H,11-14H2,1-2H3,(H,30,31,32). The summed E-state index contributed by atoms with van der Waals surface area (Å²) in [5.41, 5.74) is 2.89. The zero-order chi connectivity index (χ0) is 24.8. The van der Waals surface area contributed by atoms with Gasteiger partial charge >= 0.3 is 0 Å². The highest BCUT2D eigenvalue weighted by atomic mass is 32.1. The number of amides is 1. The van der Waals surface area contributed by atoms with Gasteiger partial charge in [-0.15, -0.1) is 11.3 Å². The Morgan fingerprint density at radius 3 is 2.81 bits per heavy atom. The molecule has 8 heteroatoms. The van der Waals surface area contributed by atoms with E-state index in [1.165, 1.54) is 11.3 Å². The van der Waals surface area contributed by atoms with E-state index in [1.54, 1.807) is 17.4 Å². The first-order chi connectivity index (χ1) is 17.5. The summed E-state index contributed by atoms with van der Waals surface area (Å²) in [6.07, 6.45) is 9.04. The minimum atomic E-state index is -0.0269. The summed E-state index contributed by atoms with van der Waals surface area (Å²) >= 11 is 1.42. The van der Waals surface area contributed by atoms with Crippen LogP contribution in [0.2, 0.25) is 0 Å². The van der Waals surface area contributed by atoms with E-state index in [4.69, 9.17) is 0 Å². The number of hydrogen-bond acceptors (Lipinski definition) is 7. The highest BCUT2D eigenvalue weighted by molar-refractivity contribution is 7.20. The van der Waals surface area contributed by atoms with Crippen molar-refractivity contribution < 1.29 is 9.90 Å². The van der Waals surface area contributed by atoms with Crippen LogP contribution in [0.15, 0.2) is 55.0 Å². The molecule has 1 saturated carbocycles. The third-order valence-corrected chi connectivity index (χ3v) is 9.11. The van der Waals surface area contributed by atoms with Crippen LogP contribution < -0.4 is 5.32 Å². The molecule has 2 aliphatic carbocycles. The lowest BCUT2D eigenvalue weighted by atomic mass is 9.83. The summed E-state index contributed by atoms with van der Waals surface area (Å²) in [4.78, 5) is 30.2. The first-order valence-electron chi connectivity index (χ1n) is 12.4. The molecular formula is C28H29N5O2S. The lowest BCUT2D eigenvalue weighted by Gasteiger charge is -2.26. The highest BCUT2D eigenvalue weighted by Gasteiger charge is 2.43. The van der Waals surface area contributed by atoms with Crippen molar-refractivity contribution in [3.63, 3.8) is 0 Å². The van der Waals surface area contributed by atoms with Crippen LogP contribution in [0.4, 0.5) is 5.82 Å². The largest absolute Gasteiger partial charge is 0.396 e. The SMILES string of the molecule is Cc1c(C(=O)N(C)Cc2cccc3ncccc23)sc2ncnc(NCC3C4C=CC(C4)C3CO)c12. The third kappa shape index (κ3) is 3.85. The monoisotopic (exact) mass is 499 g/mol. The predicted octanol–water partition coefficient (Wildman–Crippen LogP) is 4.66. The van der Waals surface area contributed by atoms with Gasteiger partial charge in [0.1, 0.15) is 17.0 Å². The Bertz CT molecular complexity index is 1480. The number of thiophene rings is 1. The van der Waals surface area contributed by atoms with Crippen molar-refractivity contribution in [1.82, 2.24) is 19.9 Å². The van der Waals surface area contributed by atoms with Crippen LogP contribution in [-0.4, -0.2) is 51.1 Å². The molecule has 2 aliphatic rings. The van der Waals surface area contributed by atoms with E-state index >= 15 is 0 Å². The highest BCUT2D eigenvalue weighted by Crippen LogP contribution is 2.47. The lowest BCUT2D eigenvalue weighted by molar-refractivity contribution is 0.0790. The van der Waals surface area contributed by atoms with E-state index in [2.05, 4.69) is 32.4 Å². The number of aliphatic hydroxyl groups excluding tert-OH is 1. The van der Waals surface area contributed by atoms with Crippen molar-refractivity contribution in [3.05, 3.63) is 71.0 Å². The minimum Gasteiger partial charge on any atom is -0.396 e. The Morgan fingerprint density at radius 1 is 1.14 bits per heavy atom. The van der Waals surface area contributed by atoms with E-state index in [1.807, 2.05) is 44.3 Å². The number of rotatable bonds is 7. The fraction of sp³-hybridized carbons (Fsp3) is 0.357. The molecule has 184 valence electrons. The molecule has 4 unspecified atom stereocenters. The Hall–Kier alpha value is -3.36. The number of carbonyl (C=O) groups excluding carboxylic acids is 1. The second-order valence-corrected chi connectivity index (χ2v) is 10.9. The van der Waals surface area contributed by atoms with Gasteiger partial charge in [0.15, 0.2) is 0 Å². The van der Waals surface area contributed by atoms with Crippen molar-refractivity contribution in [1.29, 1.82) is 0 Å². The molecule has 1 fully saturated rings. The Morgan fingerprint density at radius 2 is 1.97 bits per heavy atom. The van der Waals surface area contributed by atoms with E-state index in [-0.39, 0.29) is 12.5 Å². The van der Waals surface area contributed by atoms with Crippen molar-refractivity contribution in [2.45, 2.75) is 19.9 Å². The fourth-order valence-corrected chi connectivity index (χ4v) is 7.17. The van der Waals surface area contributed by atoms with Gasteiger partial charge in [0.05, 0.1) is 15.8 Å². The van der Waals surface area contributed by atoms with Gasteiger partial charge in [0.2, 0.25) is 0 Å². The van der Waals surface area contributed by atoms with Crippen LogP contribution in [0.25, 0.3) is 21.1 Å². The normalized spacial score (nSPS) is 22.5. The number of carbonyl (C=O) groups is 1. The summed E-state index contributed by atoms with van der Waals surface area (Å²) in [5, 5.41) is 15.4.